The van der Waals surface area contributed by atoms with Crippen molar-refractivity contribution in [1.82, 2.24) is 9.55 Å². The Hall–Kier alpha value is -3.61. The van der Waals surface area contributed by atoms with E-state index in [1.165, 1.54) is 16.3 Å². The van der Waals surface area contributed by atoms with E-state index < -0.39 is 0 Å². The summed E-state index contributed by atoms with van der Waals surface area (Å²) in [5.41, 5.74) is 1.61. The number of nitrogens with zero attached hydrogens (tertiary/aromatic N) is 2. The molecule has 0 bridgehead atoms. The molecule has 1 amide bonds. The Kier molecular flexibility index (Phi) is 5.86. The van der Waals surface area contributed by atoms with E-state index in [0.717, 1.165) is 16.5 Å². The lowest BCUT2D eigenvalue weighted by atomic mass is 10.1. The van der Waals surface area contributed by atoms with Gasteiger partial charge in [-0.2, -0.15) is 0 Å². The summed E-state index contributed by atoms with van der Waals surface area (Å²) < 4.78 is 1.47. The first-order valence-corrected chi connectivity index (χ1v) is 11.7. The lowest BCUT2D eigenvalue weighted by molar-refractivity contribution is -0.113. The first-order chi connectivity index (χ1) is 16.1. The Labute approximate surface area is 199 Å². The van der Waals surface area contributed by atoms with E-state index in [9.17, 15) is 9.59 Å². The van der Waals surface area contributed by atoms with Crippen LogP contribution in [0.5, 0.6) is 0 Å². The SMILES string of the molecule is O=C(CSc1nc2ccccc2c(=O)n1-c1ccccc1Cl)Nc1cccc2ccccc12. The van der Waals surface area contributed by atoms with E-state index in [1.54, 1.807) is 36.4 Å². The van der Waals surface area contributed by atoms with Gasteiger partial charge in [0, 0.05) is 11.1 Å². The molecule has 4 aromatic carbocycles. The quantitative estimate of drug-likeness (QED) is 0.255. The maximum atomic E-state index is 13.3. The smallest absolute Gasteiger partial charge is 0.266 e. The number of fused-ring (bicyclic) bond motifs is 2. The van der Waals surface area contributed by atoms with E-state index in [4.69, 9.17) is 11.6 Å². The van der Waals surface area contributed by atoms with Crippen LogP contribution in [0.4, 0.5) is 5.69 Å². The standard InChI is InChI=1S/C26H18ClN3O2S/c27-20-12-4-6-15-23(20)30-25(32)19-11-3-5-13-22(19)29-26(30)33-16-24(31)28-21-14-7-9-17-8-1-2-10-18(17)21/h1-15H,16H2,(H,28,31). The van der Waals surface area contributed by atoms with Gasteiger partial charge < -0.3 is 5.32 Å². The minimum atomic E-state index is -0.231. The third-order valence-corrected chi connectivity index (χ3v) is 6.49. The molecule has 5 nitrogen and oxygen atoms in total. The van der Waals surface area contributed by atoms with Crippen LogP contribution in [-0.2, 0) is 4.79 Å². The summed E-state index contributed by atoms with van der Waals surface area (Å²) in [6.07, 6.45) is 0. The number of benzene rings is 4. The van der Waals surface area contributed by atoms with Crippen molar-refractivity contribution in [1.29, 1.82) is 0 Å². The number of hydrogen-bond donors (Lipinski definition) is 1. The first-order valence-electron chi connectivity index (χ1n) is 10.3. The van der Waals surface area contributed by atoms with Gasteiger partial charge in [0.15, 0.2) is 5.16 Å². The molecule has 33 heavy (non-hydrogen) atoms. The fraction of sp³-hybridized carbons (Fsp3) is 0.0385. The van der Waals surface area contributed by atoms with Gasteiger partial charge in [-0.05, 0) is 35.7 Å². The first kappa shape index (κ1) is 21.2. The van der Waals surface area contributed by atoms with Crippen LogP contribution in [0.25, 0.3) is 27.4 Å². The van der Waals surface area contributed by atoms with Gasteiger partial charge in [-0.3, -0.25) is 14.2 Å². The normalized spacial score (nSPS) is 11.1. The second-order valence-electron chi connectivity index (χ2n) is 7.37. The van der Waals surface area contributed by atoms with Crippen molar-refractivity contribution in [3.05, 3.63) is 106 Å². The molecule has 0 fully saturated rings. The zero-order valence-corrected chi connectivity index (χ0v) is 18.9. The van der Waals surface area contributed by atoms with Crippen molar-refractivity contribution in [3.63, 3.8) is 0 Å². The summed E-state index contributed by atoms with van der Waals surface area (Å²) in [5, 5.41) is 6.31. The zero-order valence-electron chi connectivity index (χ0n) is 17.4. The molecule has 1 N–H and O–H groups in total. The van der Waals surface area contributed by atoms with Crippen LogP contribution in [0.1, 0.15) is 0 Å². The summed E-state index contributed by atoms with van der Waals surface area (Å²) >= 11 is 7.60. The van der Waals surface area contributed by atoms with Gasteiger partial charge in [0.05, 0.1) is 27.4 Å². The van der Waals surface area contributed by atoms with Gasteiger partial charge in [0.2, 0.25) is 5.91 Å². The monoisotopic (exact) mass is 471 g/mol. The molecule has 0 atom stereocenters. The predicted octanol–water partition coefficient (Wildman–Crippen LogP) is 5.92. The van der Waals surface area contributed by atoms with E-state index in [1.807, 2.05) is 54.6 Å². The van der Waals surface area contributed by atoms with Crippen molar-refractivity contribution < 1.29 is 4.79 Å². The van der Waals surface area contributed by atoms with Crippen molar-refractivity contribution in [3.8, 4) is 5.69 Å². The van der Waals surface area contributed by atoms with Crippen LogP contribution >= 0.6 is 23.4 Å². The molecule has 5 rings (SSSR count). The van der Waals surface area contributed by atoms with Gasteiger partial charge in [-0.1, -0.05) is 84.0 Å². The molecule has 0 aliphatic rings. The number of rotatable bonds is 5. The molecule has 0 saturated carbocycles. The van der Waals surface area contributed by atoms with Crippen LogP contribution in [0, 0.1) is 0 Å². The molecule has 0 saturated heterocycles. The minimum Gasteiger partial charge on any atom is -0.325 e. The second kappa shape index (κ2) is 9.10. The van der Waals surface area contributed by atoms with Crippen molar-refractivity contribution in [2.75, 3.05) is 11.1 Å². The highest BCUT2D eigenvalue weighted by Crippen LogP contribution is 2.27. The average molecular weight is 472 g/mol. The summed E-state index contributed by atoms with van der Waals surface area (Å²) in [6, 6.07) is 27.9. The molecule has 0 aliphatic carbocycles. The molecule has 0 aliphatic heterocycles. The fourth-order valence-corrected chi connectivity index (χ4v) is 4.73. The second-order valence-corrected chi connectivity index (χ2v) is 8.72. The van der Waals surface area contributed by atoms with Crippen molar-refractivity contribution >= 4 is 56.6 Å². The number of carbonyl (C=O) groups excluding carboxylic acids is 1. The number of halogens is 1. The van der Waals surface area contributed by atoms with Gasteiger partial charge in [-0.25, -0.2) is 4.98 Å². The highest BCUT2D eigenvalue weighted by molar-refractivity contribution is 7.99. The molecule has 0 unspecified atom stereocenters. The molecule has 7 heteroatoms. The minimum absolute atomic E-state index is 0.0818. The summed E-state index contributed by atoms with van der Waals surface area (Å²) in [4.78, 5) is 30.8. The Morgan fingerprint density at radius 2 is 1.58 bits per heavy atom. The Morgan fingerprint density at radius 3 is 2.42 bits per heavy atom. The van der Waals surface area contributed by atoms with Gasteiger partial charge in [0.1, 0.15) is 0 Å². The lowest BCUT2D eigenvalue weighted by Gasteiger charge is -2.14. The third-order valence-electron chi connectivity index (χ3n) is 5.23. The summed E-state index contributed by atoms with van der Waals surface area (Å²) in [7, 11) is 0. The van der Waals surface area contributed by atoms with Crippen molar-refractivity contribution in [2.45, 2.75) is 5.16 Å². The molecule has 1 heterocycles. The highest BCUT2D eigenvalue weighted by atomic mass is 35.5. The number of nitrogens with one attached hydrogen (secondary N) is 1. The Morgan fingerprint density at radius 1 is 0.879 bits per heavy atom. The Bertz CT molecular complexity index is 1560. The number of aromatic nitrogens is 2. The molecule has 1 aromatic heterocycles. The maximum absolute atomic E-state index is 13.3. The molecule has 5 aromatic rings. The maximum Gasteiger partial charge on any atom is 0.266 e. The Balaban J connectivity index is 1.48. The fourth-order valence-electron chi connectivity index (χ4n) is 3.71. The lowest BCUT2D eigenvalue weighted by Crippen LogP contribution is -2.23. The van der Waals surface area contributed by atoms with Crippen LogP contribution in [-0.4, -0.2) is 21.2 Å². The van der Waals surface area contributed by atoms with E-state index >= 15 is 0 Å². The van der Waals surface area contributed by atoms with Crippen molar-refractivity contribution in [2.24, 2.45) is 0 Å². The number of para-hydroxylation sites is 2. The molecular weight excluding hydrogens is 454 g/mol. The van der Waals surface area contributed by atoms with E-state index in [-0.39, 0.29) is 17.2 Å². The number of hydrogen-bond acceptors (Lipinski definition) is 4. The topological polar surface area (TPSA) is 64.0 Å². The van der Waals surface area contributed by atoms with E-state index in [2.05, 4.69) is 10.3 Å². The number of thioether (sulfide) groups is 1. The molecule has 0 radical (unpaired) electrons. The summed E-state index contributed by atoms with van der Waals surface area (Å²) in [6.45, 7) is 0. The zero-order chi connectivity index (χ0) is 22.8. The molecule has 0 spiro atoms. The number of anilines is 1. The predicted molar refractivity (Wildman–Crippen MR) is 136 cm³/mol. The number of carbonyl (C=O) groups is 1. The van der Waals surface area contributed by atoms with Crippen LogP contribution in [0.15, 0.2) is 101 Å². The van der Waals surface area contributed by atoms with Gasteiger partial charge >= 0.3 is 0 Å². The van der Waals surface area contributed by atoms with Crippen LogP contribution in [0.2, 0.25) is 5.02 Å². The van der Waals surface area contributed by atoms with Crippen LogP contribution < -0.4 is 10.9 Å². The molecular formula is C26H18ClN3O2S. The van der Waals surface area contributed by atoms with Crippen LogP contribution in [0.3, 0.4) is 0 Å². The largest absolute Gasteiger partial charge is 0.325 e. The van der Waals surface area contributed by atoms with Gasteiger partial charge in [0.25, 0.3) is 5.56 Å². The van der Waals surface area contributed by atoms with E-state index in [0.29, 0.717) is 26.8 Å². The van der Waals surface area contributed by atoms with Gasteiger partial charge in [-0.15, -0.1) is 0 Å². The highest BCUT2D eigenvalue weighted by Gasteiger charge is 2.16. The third kappa shape index (κ3) is 4.23. The molecule has 162 valence electrons. The summed E-state index contributed by atoms with van der Waals surface area (Å²) in [5.74, 6) is -0.109. The average Bonchev–Trinajstić information content (AvgIpc) is 2.84. The number of amides is 1.